The first-order chi connectivity index (χ1) is 20.0. The number of hydrogen-bond acceptors (Lipinski definition) is 3. The van der Waals surface area contributed by atoms with Crippen molar-refractivity contribution in [3.8, 4) is 11.1 Å². The van der Waals surface area contributed by atoms with Crippen LogP contribution in [0.3, 0.4) is 0 Å². The zero-order valence-electron chi connectivity index (χ0n) is 22.1. The quantitative estimate of drug-likeness (QED) is 0.148. The molecular formula is C33H25ClF3NO4. The molecule has 0 aliphatic heterocycles. The minimum Gasteiger partial charge on any atom is -0.480 e. The highest BCUT2D eigenvalue weighted by molar-refractivity contribution is 6.30. The van der Waals surface area contributed by atoms with Gasteiger partial charge in [0.15, 0.2) is 5.78 Å². The second-order valence-corrected chi connectivity index (χ2v) is 9.97. The minimum absolute atomic E-state index is 0.0341. The molecule has 42 heavy (non-hydrogen) atoms. The molecule has 0 fully saturated rings. The molecule has 0 radical (unpaired) electrons. The summed E-state index contributed by atoms with van der Waals surface area (Å²) in [7, 11) is 0. The van der Waals surface area contributed by atoms with Gasteiger partial charge in [0.1, 0.15) is 6.04 Å². The Morgan fingerprint density at radius 1 is 0.833 bits per heavy atom. The zero-order chi connectivity index (χ0) is 30.3. The van der Waals surface area contributed by atoms with Gasteiger partial charge in [-0.2, -0.15) is 13.2 Å². The van der Waals surface area contributed by atoms with Gasteiger partial charge in [0.2, 0.25) is 5.91 Å². The molecule has 1 atom stereocenters. The van der Waals surface area contributed by atoms with E-state index < -0.39 is 41.9 Å². The van der Waals surface area contributed by atoms with E-state index in [0.717, 1.165) is 23.3 Å². The van der Waals surface area contributed by atoms with Crippen LogP contribution in [0.5, 0.6) is 0 Å². The zero-order valence-corrected chi connectivity index (χ0v) is 22.8. The molecular weight excluding hydrogens is 567 g/mol. The number of rotatable bonds is 10. The number of benzene rings is 4. The van der Waals surface area contributed by atoms with E-state index in [1.807, 2.05) is 30.3 Å². The van der Waals surface area contributed by atoms with Crippen molar-refractivity contribution in [3.05, 3.63) is 136 Å². The van der Waals surface area contributed by atoms with Gasteiger partial charge >= 0.3 is 12.1 Å². The normalized spacial score (nSPS) is 12.4. The summed E-state index contributed by atoms with van der Waals surface area (Å²) in [4.78, 5) is 38.6. The molecule has 0 aromatic heterocycles. The number of Topliss-reactive ketones (excluding diaryl/α,β-unsaturated/α-hetero) is 1. The molecule has 0 heterocycles. The van der Waals surface area contributed by atoms with Crippen molar-refractivity contribution < 1.29 is 32.7 Å². The number of carboxylic acids is 1. The van der Waals surface area contributed by atoms with Crippen molar-refractivity contribution in [2.24, 2.45) is 0 Å². The number of amides is 1. The van der Waals surface area contributed by atoms with E-state index in [0.29, 0.717) is 10.6 Å². The van der Waals surface area contributed by atoms with Crippen molar-refractivity contribution in [2.75, 3.05) is 0 Å². The summed E-state index contributed by atoms with van der Waals surface area (Å²) in [6.07, 6.45) is -4.00. The van der Waals surface area contributed by atoms with E-state index in [4.69, 9.17) is 11.6 Å². The highest BCUT2D eigenvalue weighted by Crippen LogP contribution is 2.30. The first-order valence-corrected chi connectivity index (χ1v) is 13.2. The van der Waals surface area contributed by atoms with Gasteiger partial charge in [-0.15, -0.1) is 0 Å². The lowest BCUT2D eigenvalue weighted by molar-refractivity contribution is -0.141. The lowest BCUT2D eigenvalue weighted by Crippen LogP contribution is -2.43. The van der Waals surface area contributed by atoms with Gasteiger partial charge in [-0.1, -0.05) is 90.5 Å². The topological polar surface area (TPSA) is 83.5 Å². The van der Waals surface area contributed by atoms with Crippen molar-refractivity contribution in [1.29, 1.82) is 0 Å². The SMILES string of the molecule is O=C(NC(Cc1ccc(Cl)cc1)C(=O)O)/C(=C\c1cccc(C(F)(F)F)c1)CC(=O)c1ccc(-c2ccccc2)cc1. The monoisotopic (exact) mass is 591 g/mol. The van der Waals surface area contributed by atoms with Crippen LogP contribution in [0.4, 0.5) is 13.2 Å². The fraction of sp³-hybridized carbons (Fsp3) is 0.121. The molecule has 214 valence electrons. The van der Waals surface area contributed by atoms with Crippen LogP contribution in [0.1, 0.15) is 33.5 Å². The second kappa shape index (κ2) is 13.3. The molecule has 4 aromatic carbocycles. The van der Waals surface area contributed by atoms with Gasteiger partial charge in [0.05, 0.1) is 5.56 Å². The lowest BCUT2D eigenvalue weighted by atomic mass is 9.97. The number of carbonyl (C=O) groups excluding carboxylic acids is 2. The van der Waals surface area contributed by atoms with E-state index in [1.54, 1.807) is 48.5 Å². The molecule has 1 amide bonds. The van der Waals surface area contributed by atoms with E-state index in [1.165, 1.54) is 18.2 Å². The summed E-state index contributed by atoms with van der Waals surface area (Å²) < 4.78 is 39.9. The van der Waals surface area contributed by atoms with E-state index in [-0.39, 0.29) is 23.1 Å². The van der Waals surface area contributed by atoms with Gasteiger partial charge in [-0.25, -0.2) is 4.79 Å². The van der Waals surface area contributed by atoms with Crippen LogP contribution in [0.25, 0.3) is 17.2 Å². The summed E-state index contributed by atoms with van der Waals surface area (Å²) in [6.45, 7) is 0. The van der Waals surface area contributed by atoms with Crippen LogP contribution in [0.15, 0.2) is 109 Å². The fourth-order valence-electron chi connectivity index (χ4n) is 4.26. The summed E-state index contributed by atoms with van der Waals surface area (Å²) in [5.41, 5.74) is 1.61. The van der Waals surface area contributed by atoms with Gasteiger partial charge in [-0.05, 0) is 52.6 Å². The molecule has 1 unspecified atom stereocenters. The van der Waals surface area contributed by atoms with Gasteiger partial charge in [0.25, 0.3) is 0 Å². The molecule has 5 nitrogen and oxygen atoms in total. The summed E-state index contributed by atoms with van der Waals surface area (Å²) in [5.74, 6) is -2.67. The summed E-state index contributed by atoms with van der Waals surface area (Å²) >= 11 is 5.90. The predicted molar refractivity (Wildman–Crippen MR) is 155 cm³/mol. The standard InChI is InChI=1S/C33H25ClF3NO4/c34-28-15-9-21(10-16-28)19-29(32(41)42)38-31(40)26(17-22-5-4-8-27(18-22)33(35,36)37)20-30(39)25-13-11-24(12-14-25)23-6-2-1-3-7-23/h1-18,29H,19-20H2,(H,38,40)(H,41,42)/b26-17-. The molecule has 0 bridgehead atoms. The molecule has 4 rings (SSSR count). The lowest BCUT2D eigenvalue weighted by Gasteiger charge is -2.17. The van der Waals surface area contributed by atoms with E-state index in [2.05, 4.69) is 5.32 Å². The van der Waals surface area contributed by atoms with Crippen LogP contribution in [0, 0.1) is 0 Å². The highest BCUT2D eigenvalue weighted by Gasteiger charge is 2.30. The molecule has 0 aliphatic carbocycles. The highest BCUT2D eigenvalue weighted by atomic mass is 35.5. The summed E-state index contributed by atoms with van der Waals surface area (Å²) in [5, 5.41) is 12.6. The van der Waals surface area contributed by atoms with Crippen LogP contribution >= 0.6 is 11.6 Å². The van der Waals surface area contributed by atoms with Crippen LogP contribution < -0.4 is 5.32 Å². The Bertz CT molecular complexity index is 1600. The maximum absolute atomic E-state index is 13.4. The third kappa shape index (κ3) is 8.17. The average molecular weight is 592 g/mol. The molecule has 4 aromatic rings. The average Bonchev–Trinajstić information content (AvgIpc) is 2.97. The molecule has 2 N–H and O–H groups in total. The number of alkyl halides is 3. The Labute approximate surface area is 245 Å². The predicted octanol–water partition coefficient (Wildman–Crippen LogP) is 7.49. The Morgan fingerprint density at radius 3 is 2.10 bits per heavy atom. The molecule has 9 heteroatoms. The number of ketones is 1. The smallest absolute Gasteiger partial charge is 0.416 e. The number of nitrogens with one attached hydrogen (secondary N) is 1. The third-order valence-electron chi connectivity index (χ3n) is 6.47. The fourth-order valence-corrected chi connectivity index (χ4v) is 4.39. The molecule has 0 aliphatic rings. The number of carboxylic acid groups (broad SMARTS) is 1. The van der Waals surface area contributed by atoms with Crippen molar-refractivity contribution >= 4 is 35.3 Å². The van der Waals surface area contributed by atoms with Crippen LogP contribution in [-0.2, 0) is 22.2 Å². The number of aliphatic carboxylic acids is 1. The largest absolute Gasteiger partial charge is 0.480 e. The Balaban J connectivity index is 1.62. The van der Waals surface area contributed by atoms with Gasteiger partial charge in [0, 0.05) is 29.0 Å². The van der Waals surface area contributed by atoms with E-state index in [9.17, 15) is 32.7 Å². The number of hydrogen-bond donors (Lipinski definition) is 2. The number of carbonyl (C=O) groups is 3. The Hall–Kier alpha value is -4.69. The van der Waals surface area contributed by atoms with Crippen molar-refractivity contribution in [3.63, 3.8) is 0 Å². The third-order valence-corrected chi connectivity index (χ3v) is 6.72. The maximum Gasteiger partial charge on any atom is 0.416 e. The number of halogens is 4. The minimum atomic E-state index is -4.62. The Kier molecular flexibility index (Phi) is 9.60. The Morgan fingerprint density at radius 2 is 1.48 bits per heavy atom. The van der Waals surface area contributed by atoms with E-state index >= 15 is 0 Å². The molecule has 0 saturated carbocycles. The molecule has 0 spiro atoms. The van der Waals surface area contributed by atoms with Crippen molar-refractivity contribution in [2.45, 2.75) is 25.1 Å². The molecule has 0 saturated heterocycles. The first-order valence-electron chi connectivity index (χ1n) is 12.8. The first kappa shape index (κ1) is 30.3. The van der Waals surface area contributed by atoms with Gasteiger partial charge in [-0.3, -0.25) is 9.59 Å². The van der Waals surface area contributed by atoms with Crippen LogP contribution in [-0.4, -0.2) is 28.8 Å². The summed E-state index contributed by atoms with van der Waals surface area (Å²) in [6, 6.07) is 25.5. The second-order valence-electron chi connectivity index (χ2n) is 9.53. The van der Waals surface area contributed by atoms with Gasteiger partial charge < -0.3 is 10.4 Å². The maximum atomic E-state index is 13.4. The van der Waals surface area contributed by atoms with Crippen molar-refractivity contribution in [1.82, 2.24) is 5.32 Å². The van der Waals surface area contributed by atoms with Crippen LogP contribution in [0.2, 0.25) is 5.02 Å².